The fourth-order valence-electron chi connectivity index (χ4n) is 5.26. The number of unbranched alkanes of at least 4 members (excludes halogenated alkanes) is 1. The number of carboxylic acid groups (broad SMARTS) is 1. The van der Waals surface area contributed by atoms with Gasteiger partial charge in [-0.1, -0.05) is 18.6 Å². The molecule has 0 aliphatic heterocycles. The average molecular weight is 512 g/mol. The van der Waals surface area contributed by atoms with Crippen LogP contribution in [-0.2, 0) is 11.0 Å². The predicted octanol–water partition coefficient (Wildman–Crippen LogP) is 5.81. The Kier molecular flexibility index (Phi) is 8.11. The molecule has 4 rings (SSSR count). The van der Waals surface area contributed by atoms with Crippen LogP contribution >= 0.6 is 0 Å². The van der Waals surface area contributed by atoms with Gasteiger partial charge < -0.3 is 10.4 Å². The Hall–Kier alpha value is -3.87. The number of nitrogens with zero attached hydrogens (tertiary/aromatic N) is 3. The highest BCUT2D eigenvalue weighted by molar-refractivity contribution is 5.95. The molecule has 2 aliphatic carbocycles. The molecule has 2 aromatic rings. The summed E-state index contributed by atoms with van der Waals surface area (Å²) in [5.74, 6) is 0.244. The lowest BCUT2D eigenvalue weighted by Gasteiger charge is -2.20. The second-order valence-electron chi connectivity index (χ2n) is 9.52. The molecule has 3 N–H and O–H groups in total. The third-order valence-electron chi connectivity index (χ3n) is 6.92. The van der Waals surface area contributed by atoms with Gasteiger partial charge in [0, 0.05) is 30.1 Å². The number of rotatable bonds is 8. The normalized spacial score (nSPS) is 21.5. The van der Waals surface area contributed by atoms with E-state index < -0.39 is 17.7 Å². The largest absolute Gasteiger partial charge is 0.481 e. The zero-order valence-corrected chi connectivity index (χ0v) is 20.1. The molecule has 0 saturated heterocycles. The molecule has 1 heterocycles. The van der Waals surface area contributed by atoms with Crippen molar-refractivity contribution in [2.24, 2.45) is 16.8 Å². The first-order valence-electron chi connectivity index (χ1n) is 12.3. The number of hydrogen-bond acceptors (Lipinski definition) is 4. The highest BCUT2D eigenvalue weighted by Gasteiger charge is 2.39. The van der Waals surface area contributed by atoms with E-state index in [-0.39, 0.29) is 29.7 Å². The summed E-state index contributed by atoms with van der Waals surface area (Å²) >= 11 is 0. The number of aromatic nitrogens is 1. The molecule has 0 amide bonds. The molecule has 2 fully saturated rings. The van der Waals surface area contributed by atoms with Crippen molar-refractivity contribution in [2.75, 3.05) is 5.32 Å². The third kappa shape index (κ3) is 6.88. The van der Waals surface area contributed by atoms with Crippen molar-refractivity contribution in [1.29, 1.82) is 5.26 Å². The fraction of sp³-hybridized carbons (Fsp3) is 0.407. The van der Waals surface area contributed by atoms with Crippen molar-refractivity contribution in [1.82, 2.24) is 10.3 Å². The Balaban J connectivity index is 1.70. The molecular weight excluding hydrogens is 483 g/mol. The number of nitrogens with one attached hydrogen (secondary N) is 2. The monoisotopic (exact) mass is 511 g/mol. The van der Waals surface area contributed by atoms with Crippen molar-refractivity contribution in [3.05, 3.63) is 65.5 Å². The van der Waals surface area contributed by atoms with Crippen molar-refractivity contribution in [3.8, 4) is 6.19 Å². The SMILES string of the molecule is N#CNC(=NC1CC2CCC1C2)Nc1cc(C(=CCCCC(=O)O)c2cccnc2)cc(C(F)(F)F)c1. The first-order valence-corrected chi connectivity index (χ1v) is 12.3. The zero-order valence-electron chi connectivity index (χ0n) is 20.1. The lowest BCUT2D eigenvalue weighted by molar-refractivity contribution is -0.138. The highest BCUT2D eigenvalue weighted by atomic mass is 19.4. The summed E-state index contributed by atoms with van der Waals surface area (Å²) in [5, 5.41) is 23.6. The minimum atomic E-state index is -4.61. The van der Waals surface area contributed by atoms with Crippen LogP contribution in [0, 0.1) is 23.3 Å². The van der Waals surface area contributed by atoms with Crippen LogP contribution in [0.1, 0.15) is 61.6 Å². The third-order valence-corrected chi connectivity index (χ3v) is 6.92. The number of halogens is 3. The van der Waals surface area contributed by atoms with Gasteiger partial charge in [0.25, 0.3) is 0 Å². The fourth-order valence-corrected chi connectivity index (χ4v) is 5.26. The summed E-state index contributed by atoms with van der Waals surface area (Å²) in [6, 6.07) is 7.08. The Morgan fingerprint density at radius 3 is 2.70 bits per heavy atom. The van der Waals surface area contributed by atoms with Gasteiger partial charge in [0.15, 0.2) is 6.19 Å². The lowest BCUT2D eigenvalue weighted by Crippen LogP contribution is -2.30. The van der Waals surface area contributed by atoms with Gasteiger partial charge >= 0.3 is 12.1 Å². The van der Waals surface area contributed by atoms with E-state index in [9.17, 15) is 23.2 Å². The number of allylic oxidation sites excluding steroid dienone is 1. The molecular formula is C27H28F3N5O2. The maximum Gasteiger partial charge on any atom is 0.416 e. The Morgan fingerprint density at radius 1 is 1.24 bits per heavy atom. The number of guanidine groups is 1. The van der Waals surface area contributed by atoms with E-state index >= 15 is 0 Å². The van der Waals surface area contributed by atoms with Gasteiger partial charge in [-0.3, -0.25) is 15.1 Å². The maximum absolute atomic E-state index is 13.9. The first kappa shape index (κ1) is 26.2. The topological polar surface area (TPSA) is 110 Å². The summed E-state index contributed by atoms with van der Waals surface area (Å²) in [7, 11) is 0. The van der Waals surface area contributed by atoms with E-state index in [1.165, 1.54) is 6.42 Å². The quantitative estimate of drug-likeness (QED) is 0.136. The van der Waals surface area contributed by atoms with Gasteiger partial charge in [-0.15, -0.1) is 0 Å². The van der Waals surface area contributed by atoms with E-state index in [1.807, 2.05) is 6.19 Å². The van der Waals surface area contributed by atoms with Crippen LogP contribution in [0.5, 0.6) is 0 Å². The van der Waals surface area contributed by atoms with Crippen LogP contribution in [0.4, 0.5) is 18.9 Å². The number of pyridine rings is 1. The molecule has 37 heavy (non-hydrogen) atoms. The molecule has 1 aromatic carbocycles. The Morgan fingerprint density at radius 2 is 2.08 bits per heavy atom. The van der Waals surface area contributed by atoms with Crippen molar-refractivity contribution >= 4 is 23.2 Å². The number of carboxylic acids is 1. The van der Waals surface area contributed by atoms with E-state index in [0.29, 0.717) is 35.8 Å². The number of alkyl halides is 3. The number of fused-ring (bicyclic) bond motifs is 2. The van der Waals surface area contributed by atoms with Crippen LogP contribution in [0.3, 0.4) is 0 Å². The number of benzene rings is 1. The second kappa shape index (κ2) is 11.5. The minimum Gasteiger partial charge on any atom is -0.481 e. The molecule has 2 bridgehead atoms. The number of carbonyl (C=O) groups is 1. The van der Waals surface area contributed by atoms with Gasteiger partial charge in [-0.25, -0.2) is 4.99 Å². The summed E-state index contributed by atoms with van der Waals surface area (Å²) in [6.45, 7) is 0. The Bertz CT molecular complexity index is 1220. The van der Waals surface area contributed by atoms with Gasteiger partial charge in [0.2, 0.25) is 5.96 Å². The summed E-state index contributed by atoms with van der Waals surface area (Å²) in [4.78, 5) is 19.6. The molecule has 2 aliphatic rings. The van der Waals surface area contributed by atoms with Crippen LogP contribution in [0.2, 0.25) is 0 Å². The van der Waals surface area contributed by atoms with E-state index in [4.69, 9.17) is 5.11 Å². The number of aliphatic carboxylic acids is 1. The second-order valence-corrected chi connectivity index (χ2v) is 9.52. The molecule has 1 aromatic heterocycles. The van der Waals surface area contributed by atoms with Crippen LogP contribution < -0.4 is 10.6 Å². The van der Waals surface area contributed by atoms with E-state index in [0.717, 1.165) is 31.4 Å². The van der Waals surface area contributed by atoms with Gasteiger partial charge in [0.05, 0.1) is 11.6 Å². The average Bonchev–Trinajstić information content (AvgIpc) is 3.47. The smallest absolute Gasteiger partial charge is 0.416 e. The summed E-state index contributed by atoms with van der Waals surface area (Å²) in [5.41, 5.74) is 0.678. The van der Waals surface area contributed by atoms with E-state index in [1.54, 1.807) is 36.7 Å². The molecule has 194 valence electrons. The summed E-state index contributed by atoms with van der Waals surface area (Å²) < 4.78 is 41.7. The lowest BCUT2D eigenvalue weighted by atomic mass is 9.95. The molecule has 0 radical (unpaired) electrons. The Labute approximate surface area is 213 Å². The van der Waals surface area contributed by atoms with Crippen molar-refractivity contribution < 1.29 is 23.1 Å². The number of anilines is 1. The standard InChI is InChI=1S/C27H28F3N5O2/c28-27(29,30)21-12-20(23(5-1-2-6-25(36)37)19-4-3-9-32-15-19)13-22(14-21)34-26(33-16-31)35-24-11-17-7-8-18(24)10-17/h3-5,9,12-15,17-18,24H,1-2,6-8,10-11H2,(H,36,37)(H2,33,34,35). The number of aliphatic imine (C=N–C) groups is 1. The molecule has 2 saturated carbocycles. The van der Waals surface area contributed by atoms with Crippen LogP contribution in [0.15, 0.2) is 53.8 Å². The van der Waals surface area contributed by atoms with Crippen LogP contribution in [-0.4, -0.2) is 28.1 Å². The maximum atomic E-state index is 13.9. The zero-order chi connectivity index (χ0) is 26.4. The predicted molar refractivity (Wildman–Crippen MR) is 133 cm³/mol. The number of nitriles is 1. The first-order chi connectivity index (χ1) is 17.7. The highest BCUT2D eigenvalue weighted by Crippen LogP contribution is 2.46. The van der Waals surface area contributed by atoms with E-state index in [2.05, 4.69) is 20.6 Å². The summed E-state index contributed by atoms with van der Waals surface area (Å²) in [6.07, 6.45) is 7.00. The molecule has 3 atom stereocenters. The minimum absolute atomic E-state index is 0.0347. The van der Waals surface area contributed by atoms with Gasteiger partial charge in [-0.2, -0.15) is 18.4 Å². The number of hydrogen-bond donors (Lipinski definition) is 3. The molecule has 0 spiro atoms. The van der Waals surface area contributed by atoms with Crippen molar-refractivity contribution in [3.63, 3.8) is 0 Å². The van der Waals surface area contributed by atoms with Gasteiger partial charge in [0.1, 0.15) is 0 Å². The van der Waals surface area contributed by atoms with Gasteiger partial charge in [-0.05, 0) is 79.3 Å². The molecule has 3 unspecified atom stereocenters. The molecule has 7 nitrogen and oxygen atoms in total. The molecule has 10 heteroatoms. The van der Waals surface area contributed by atoms with Crippen LogP contribution in [0.25, 0.3) is 5.57 Å². The van der Waals surface area contributed by atoms with Crippen molar-refractivity contribution in [2.45, 2.75) is 57.2 Å².